The smallest absolute Gasteiger partial charge is 0.416 e. The minimum atomic E-state index is -4.52. The molecule has 2 unspecified atom stereocenters. The van der Waals surface area contributed by atoms with Crippen LogP contribution in [-0.4, -0.2) is 62.3 Å². The number of alkyl halides is 3. The van der Waals surface area contributed by atoms with E-state index in [1.807, 2.05) is 0 Å². The average molecular weight is 556 g/mol. The highest BCUT2D eigenvalue weighted by Gasteiger charge is 2.37. The molecule has 3 heterocycles. The number of nitrogens with one attached hydrogen (secondary N) is 1. The maximum absolute atomic E-state index is 13.0. The van der Waals surface area contributed by atoms with E-state index in [1.165, 1.54) is 36.3 Å². The molecule has 0 spiro atoms. The number of carbonyl (C=O) groups is 2. The Hall–Kier alpha value is -4.49. The van der Waals surface area contributed by atoms with Crippen molar-refractivity contribution in [3.8, 4) is 11.6 Å². The van der Waals surface area contributed by atoms with E-state index < -0.39 is 35.9 Å². The van der Waals surface area contributed by atoms with Crippen LogP contribution in [0, 0.1) is 0 Å². The third kappa shape index (κ3) is 5.90. The maximum Gasteiger partial charge on any atom is 0.416 e. The molecule has 1 aliphatic heterocycles. The van der Waals surface area contributed by atoms with Crippen LogP contribution < -0.4 is 10.1 Å². The van der Waals surface area contributed by atoms with Gasteiger partial charge < -0.3 is 19.9 Å². The van der Waals surface area contributed by atoms with Crippen LogP contribution in [0.15, 0.2) is 67.1 Å². The number of β-amino-alcohol motifs (C(OH)–C–C–N with tert-alkyl or cyclic N) is 1. The summed E-state index contributed by atoms with van der Waals surface area (Å²) in [5, 5.41) is 13.1. The fraction of sp³-hybridized carbons (Fsp3) is 0.259. The Morgan fingerprint density at radius 1 is 1.12 bits per heavy atom. The number of halogens is 3. The number of anilines is 1. The normalized spacial score (nSPS) is 17.6. The zero-order valence-electron chi connectivity index (χ0n) is 21.1. The van der Waals surface area contributed by atoms with Crippen LogP contribution in [0.1, 0.15) is 17.7 Å². The van der Waals surface area contributed by atoms with Crippen LogP contribution in [0.2, 0.25) is 0 Å². The number of rotatable bonds is 6. The molecule has 0 aliphatic carbocycles. The second-order valence-electron chi connectivity index (χ2n) is 9.22. The zero-order chi connectivity index (χ0) is 28.4. The molecule has 208 valence electrons. The topological polar surface area (TPSA) is 119 Å². The first kappa shape index (κ1) is 27.1. The van der Waals surface area contributed by atoms with E-state index in [0.29, 0.717) is 28.9 Å². The molecule has 2 N–H and O–H groups in total. The number of benzene rings is 2. The van der Waals surface area contributed by atoms with E-state index in [2.05, 4.69) is 15.3 Å². The van der Waals surface area contributed by atoms with Crippen LogP contribution >= 0.6 is 0 Å². The summed E-state index contributed by atoms with van der Waals surface area (Å²) < 4.78 is 51.0. The summed E-state index contributed by atoms with van der Waals surface area (Å²) in [5.74, 6) is 0.253. The number of fused-ring (bicyclic) bond motifs is 1. The van der Waals surface area contributed by atoms with E-state index in [-0.39, 0.29) is 24.5 Å². The summed E-state index contributed by atoms with van der Waals surface area (Å²) in [6, 6.07) is 11.5. The molecule has 2 aromatic carbocycles. The van der Waals surface area contributed by atoms with Gasteiger partial charge >= 0.3 is 18.2 Å². The number of ether oxygens (including phenoxy) is 2. The summed E-state index contributed by atoms with van der Waals surface area (Å²) in [4.78, 5) is 35.0. The van der Waals surface area contributed by atoms with Gasteiger partial charge in [0.15, 0.2) is 0 Å². The first-order valence-corrected chi connectivity index (χ1v) is 12.2. The van der Waals surface area contributed by atoms with Gasteiger partial charge in [-0.15, -0.1) is 0 Å². The van der Waals surface area contributed by atoms with Gasteiger partial charge in [-0.25, -0.2) is 14.8 Å². The second-order valence-corrected chi connectivity index (χ2v) is 9.22. The largest absolute Gasteiger partial charge is 0.468 e. The summed E-state index contributed by atoms with van der Waals surface area (Å²) in [6.07, 6.45) is -2.06. The van der Waals surface area contributed by atoms with Crippen molar-refractivity contribution in [3.63, 3.8) is 0 Å². The Morgan fingerprint density at radius 2 is 1.95 bits per heavy atom. The van der Waals surface area contributed by atoms with Crippen LogP contribution in [-0.2, 0) is 22.3 Å². The fourth-order valence-corrected chi connectivity index (χ4v) is 4.60. The molecule has 0 radical (unpaired) electrons. The molecule has 13 heteroatoms. The first-order valence-electron chi connectivity index (χ1n) is 12.2. The zero-order valence-corrected chi connectivity index (χ0v) is 21.1. The van der Waals surface area contributed by atoms with E-state index in [1.54, 1.807) is 35.2 Å². The summed E-state index contributed by atoms with van der Waals surface area (Å²) in [5.41, 5.74) is 0.245. The first-order chi connectivity index (χ1) is 19.1. The molecule has 0 bridgehead atoms. The molecule has 1 fully saturated rings. The number of aliphatic hydroxyl groups excluding tert-OH is 1. The maximum atomic E-state index is 13.0. The molecule has 5 rings (SSSR count). The minimum Gasteiger partial charge on any atom is -0.468 e. The van der Waals surface area contributed by atoms with Crippen molar-refractivity contribution in [3.05, 3.63) is 78.4 Å². The summed E-state index contributed by atoms with van der Waals surface area (Å²) in [7, 11) is 1.30. The van der Waals surface area contributed by atoms with Crippen molar-refractivity contribution in [1.82, 2.24) is 19.4 Å². The number of nitrogens with zero attached hydrogens (tertiary/aromatic N) is 4. The van der Waals surface area contributed by atoms with Crippen LogP contribution in [0.4, 0.5) is 23.7 Å². The Labute approximate surface area is 226 Å². The van der Waals surface area contributed by atoms with Crippen LogP contribution in [0.5, 0.6) is 11.6 Å². The number of carbonyl (C=O) groups excluding carboxylic acids is 2. The number of hydrogen-bond acceptors (Lipinski definition) is 8. The van der Waals surface area contributed by atoms with Crippen molar-refractivity contribution in [2.75, 3.05) is 19.0 Å². The van der Waals surface area contributed by atoms with Gasteiger partial charge in [0.1, 0.15) is 18.1 Å². The fourth-order valence-electron chi connectivity index (χ4n) is 4.60. The monoisotopic (exact) mass is 555 g/mol. The number of aliphatic hydroxyl groups is 1. The van der Waals surface area contributed by atoms with E-state index in [9.17, 15) is 27.9 Å². The molecule has 1 amide bonds. The van der Waals surface area contributed by atoms with E-state index >= 15 is 0 Å². The SMILES string of the molecule is COC(=O)C1CC(O)CN1Cc1cc(Oc2ccc3c(ccn3C(=O)Nc3cccc(C(F)(F)F)c3)c2)ncn1. The Morgan fingerprint density at radius 3 is 2.73 bits per heavy atom. The molecule has 4 aromatic rings. The molecule has 2 atom stereocenters. The van der Waals surface area contributed by atoms with Gasteiger partial charge in [-0.3, -0.25) is 14.3 Å². The Balaban J connectivity index is 1.28. The number of amides is 1. The van der Waals surface area contributed by atoms with Crippen molar-refractivity contribution < 1.29 is 37.3 Å². The van der Waals surface area contributed by atoms with Gasteiger partial charge in [-0.1, -0.05) is 6.07 Å². The standard InChI is InChI=1S/C27H24F3N5O5/c1-39-25(37)23-12-20(36)14-34(23)13-19-11-24(32-15-31-19)40-21-5-6-22-16(9-21)7-8-35(22)26(38)33-18-4-2-3-17(10-18)27(28,29)30/h2-11,15,20,23,36H,12-14H2,1H3,(H,33,38). The summed E-state index contributed by atoms with van der Waals surface area (Å²) >= 11 is 0. The van der Waals surface area contributed by atoms with Crippen molar-refractivity contribution in [2.24, 2.45) is 0 Å². The lowest BCUT2D eigenvalue weighted by atomic mass is 10.2. The molecular formula is C27H24F3N5O5. The quantitative estimate of drug-likeness (QED) is 0.336. The van der Waals surface area contributed by atoms with Gasteiger partial charge in [-0.05, 0) is 42.5 Å². The highest BCUT2D eigenvalue weighted by atomic mass is 19.4. The number of aromatic nitrogens is 3. The Kier molecular flexibility index (Phi) is 7.41. The number of esters is 1. The van der Waals surface area contributed by atoms with Crippen molar-refractivity contribution >= 4 is 28.6 Å². The molecule has 1 saturated heterocycles. The Bertz CT molecular complexity index is 1560. The molecule has 1 aliphatic rings. The summed E-state index contributed by atoms with van der Waals surface area (Å²) in [6.45, 7) is 0.577. The van der Waals surface area contributed by atoms with E-state index in [4.69, 9.17) is 9.47 Å². The van der Waals surface area contributed by atoms with Crippen LogP contribution in [0.25, 0.3) is 10.9 Å². The molecule has 10 nitrogen and oxygen atoms in total. The lowest BCUT2D eigenvalue weighted by Crippen LogP contribution is -2.36. The molecule has 0 saturated carbocycles. The van der Waals surface area contributed by atoms with Crippen molar-refractivity contribution in [1.29, 1.82) is 0 Å². The van der Waals surface area contributed by atoms with E-state index in [0.717, 1.165) is 12.1 Å². The lowest BCUT2D eigenvalue weighted by Gasteiger charge is -2.21. The lowest BCUT2D eigenvalue weighted by molar-refractivity contribution is -0.146. The third-order valence-electron chi connectivity index (χ3n) is 6.46. The van der Waals surface area contributed by atoms with Gasteiger partial charge in [-0.2, -0.15) is 13.2 Å². The number of likely N-dealkylation sites (tertiary alicyclic amines) is 1. The van der Waals surface area contributed by atoms with Gasteiger partial charge in [0.2, 0.25) is 5.88 Å². The highest BCUT2D eigenvalue weighted by Crippen LogP contribution is 2.31. The predicted molar refractivity (Wildman–Crippen MR) is 137 cm³/mol. The molecule has 2 aromatic heterocycles. The van der Waals surface area contributed by atoms with Gasteiger partial charge in [0.05, 0.1) is 30.0 Å². The number of methoxy groups -OCH3 is 1. The highest BCUT2D eigenvalue weighted by molar-refractivity contribution is 5.98. The van der Waals surface area contributed by atoms with Gasteiger partial charge in [0, 0.05) is 42.8 Å². The minimum absolute atomic E-state index is 0.0162. The predicted octanol–water partition coefficient (Wildman–Crippen LogP) is 4.43. The van der Waals surface area contributed by atoms with Crippen LogP contribution in [0.3, 0.4) is 0 Å². The average Bonchev–Trinajstić information content (AvgIpc) is 3.51. The number of hydrogen-bond donors (Lipinski definition) is 2. The van der Waals surface area contributed by atoms with Gasteiger partial charge in [0.25, 0.3) is 0 Å². The molecular weight excluding hydrogens is 531 g/mol. The second kappa shape index (κ2) is 10.9. The van der Waals surface area contributed by atoms with Crippen molar-refractivity contribution in [2.45, 2.75) is 31.3 Å². The molecule has 40 heavy (non-hydrogen) atoms. The third-order valence-corrected chi connectivity index (χ3v) is 6.46.